The molecule has 0 aliphatic carbocycles. The van der Waals surface area contributed by atoms with Gasteiger partial charge in [-0.2, -0.15) is 0 Å². The van der Waals surface area contributed by atoms with Crippen LogP contribution in [0.5, 0.6) is 0 Å². The van der Waals surface area contributed by atoms with Crippen molar-refractivity contribution in [3.63, 3.8) is 0 Å². The summed E-state index contributed by atoms with van der Waals surface area (Å²) >= 11 is 0. The van der Waals surface area contributed by atoms with Crippen LogP contribution in [0, 0.1) is 5.41 Å². The molecule has 0 aromatic heterocycles. The van der Waals surface area contributed by atoms with Gasteiger partial charge in [-0.15, -0.1) is 0 Å². The molecule has 0 aromatic rings. The molecule has 0 saturated heterocycles. The molecule has 0 unspecified atom stereocenters. The third-order valence-corrected chi connectivity index (χ3v) is 2.72. The molecule has 1 rings (SSSR count). The Balaban J connectivity index is 2.84. The lowest BCUT2D eigenvalue weighted by Crippen LogP contribution is -2.25. The van der Waals surface area contributed by atoms with E-state index < -0.39 is 10.0 Å². The second-order valence-electron chi connectivity index (χ2n) is 3.75. The smallest absolute Gasteiger partial charge is 0.236 e. The molecular weight excluding hydrogens is 162 g/mol. The van der Waals surface area contributed by atoms with Gasteiger partial charge in [0.2, 0.25) is 10.0 Å². The van der Waals surface area contributed by atoms with Crippen LogP contribution in [0.4, 0.5) is 0 Å². The molecule has 0 saturated carbocycles. The van der Waals surface area contributed by atoms with Gasteiger partial charge >= 0.3 is 0 Å². The minimum atomic E-state index is -3.02. The molecule has 11 heavy (non-hydrogen) atoms. The number of allylic oxidation sites excluding steroid dienone is 1. The van der Waals surface area contributed by atoms with Crippen molar-refractivity contribution in [3.8, 4) is 0 Å². The molecule has 1 N–H and O–H groups in total. The lowest BCUT2D eigenvalue weighted by atomic mass is 9.92. The van der Waals surface area contributed by atoms with Crippen LogP contribution < -0.4 is 4.72 Å². The Morgan fingerprint density at radius 1 is 1.45 bits per heavy atom. The van der Waals surface area contributed by atoms with Gasteiger partial charge in [-0.1, -0.05) is 20.8 Å². The molecular formula is C7H13NO2S. The number of hydrogen-bond acceptors (Lipinski definition) is 2. The van der Waals surface area contributed by atoms with E-state index in [0.717, 1.165) is 5.70 Å². The van der Waals surface area contributed by atoms with Crippen molar-refractivity contribution in [2.24, 2.45) is 5.41 Å². The van der Waals surface area contributed by atoms with Gasteiger partial charge in [0.25, 0.3) is 0 Å². The third kappa shape index (κ3) is 1.96. The summed E-state index contributed by atoms with van der Waals surface area (Å²) in [5, 5.41) is 0. The van der Waals surface area contributed by atoms with Gasteiger partial charge in [0, 0.05) is 11.1 Å². The molecule has 0 spiro atoms. The predicted molar refractivity (Wildman–Crippen MR) is 44.5 cm³/mol. The summed E-state index contributed by atoms with van der Waals surface area (Å²) in [4.78, 5) is 0. The van der Waals surface area contributed by atoms with E-state index in [2.05, 4.69) is 4.72 Å². The summed E-state index contributed by atoms with van der Waals surface area (Å²) in [5.41, 5.74) is 0.710. The van der Waals surface area contributed by atoms with E-state index in [1.807, 2.05) is 20.8 Å². The Bertz CT molecular complexity index is 282. The maximum absolute atomic E-state index is 10.9. The number of sulfonamides is 1. The minimum absolute atomic E-state index is 0.0937. The molecule has 1 aliphatic heterocycles. The zero-order valence-electron chi connectivity index (χ0n) is 7.01. The maximum Gasteiger partial charge on any atom is 0.236 e. The largest absolute Gasteiger partial charge is 0.287 e. The van der Waals surface area contributed by atoms with Crippen molar-refractivity contribution in [2.45, 2.75) is 20.8 Å². The lowest BCUT2D eigenvalue weighted by Gasteiger charge is -2.19. The molecule has 0 amide bonds. The molecule has 0 atom stereocenters. The standard InChI is InChI=1S/C7H13NO2S/c1-7(2,3)6-4-5-11(9,10)8-6/h4,8H,5H2,1-3H3. The summed E-state index contributed by atoms with van der Waals surface area (Å²) in [7, 11) is -3.02. The van der Waals surface area contributed by atoms with E-state index in [1.165, 1.54) is 0 Å². The van der Waals surface area contributed by atoms with Crippen molar-refractivity contribution in [1.82, 2.24) is 4.72 Å². The van der Waals surface area contributed by atoms with E-state index >= 15 is 0 Å². The molecule has 1 heterocycles. The van der Waals surface area contributed by atoms with E-state index in [0.29, 0.717) is 0 Å². The van der Waals surface area contributed by atoms with Crippen LogP contribution in [0.2, 0.25) is 0 Å². The maximum atomic E-state index is 10.9. The van der Waals surface area contributed by atoms with Gasteiger partial charge in [0.1, 0.15) is 0 Å². The van der Waals surface area contributed by atoms with E-state index in [9.17, 15) is 8.42 Å². The Kier molecular flexibility index (Phi) is 1.75. The van der Waals surface area contributed by atoms with Gasteiger partial charge in [-0.3, -0.25) is 4.72 Å². The summed E-state index contributed by atoms with van der Waals surface area (Å²) < 4.78 is 24.4. The van der Waals surface area contributed by atoms with Crippen LogP contribution in [-0.2, 0) is 10.0 Å². The average molecular weight is 175 g/mol. The fraction of sp³-hybridized carbons (Fsp3) is 0.714. The number of rotatable bonds is 0. The van der Waals surface area contributed by atoms with E-state index in [1.54, 1.807) is 6.08 Å². The molecule has 4 heteroatoms. The molecule has 0 fully saturated rings. The number of nitrogens with one attached hydrogen (secondary N) is 1. The molecule has 0 radical (unpaired) electrons. The fourth-order valence-electron chi connectivity index (χ4n) is 0.903. The van der Waals surface area contributed by atoms with Gasteiger partial charge in [0.05, 0.1) is 5.75 Å². The van der Waals surface area contributed by atoms with E-state index in [4.69, 9.17) is 0 Å². The summed E-state index contributed by atoms with van der Waals surface area (Å²) in [6.07, 6.45) is 1.73. The monoisotopic (exact) mass is 175 g/mol. The fourth-order valence-corrected chi connectivity index (χ4v) is 2.10. The topological polar surface area (TPSA) is 46.2 Å². The highest BCUT2D eigenvalue weighted by molar-refractivity contribution is 7.90. The van der Waals surface area contributed by atoms with Crippen LogP contribution in [0.1, 0.15) is 20.8 Å². The SMILES string of the molecule is CC(C)(C)C1=CCS(=O)(=O)N1. The van der Waals surface area contributed by atoms with Crippen molar-refractivity contribution in [1.29, 1.82) is 0 Å². The summed E-state index contributed by atoms with van der Waals surface area (Å²) in [6.45, 7) is 5.94. The molecule has 0 aromatic carbocycles. The highest BCUT2D eigenvalue weighted by Crippen LogP contribution is 2.26. The van der Waals surface area contributed by atoms with Crippen molar-refractivity contribution < 1.29 is 8.42 Å². The first-order valence-electron chi connectivity index (χ1n) is 3.52. The first kappa shape index (κ1) is 8.59. The van der Waals surface area contributed by atoms with Crippen molar-refractivity contribution >= 4 is 10.0 Å². The Morgan fingerprint density at radius 3 is 2.18 bits per heavy atom. The first-order chi connectivity index (χ1) is 4.81. The molecule has 0 bridgehead atoms. The second kappa shape index (κ2) is 2.24. The lowest BCUT2D eigenvalue weighted by molar-refractivity contribution is 0.484. The van der Waals surface area contributed by atoms with Gasteiger partial charge < -0.3 is 0 Å². The highest BCUT2D eigenvalue weighted by atomic mass is 32.2. The average Bonchev–Trinajstić information content (AvgIpc) is 2.07. The van der Waals surface area contributed by atoms with E-state index in [-0.39, 0.29) is 11.2 Å². The van der Waals surface area contributed by atoms with Crippen LogP contribution in [0.3, 0.4) is 0 Å². The zero-order valence-corrected chi connectivity index (χ0v) is 7.83. The van der Waals surface area contributed by atoms with Crippen LogP contribution >= 0.6 is 0 Å². The third-order valence-electron chi connectivity index (χ3n) is 1.58. The molecule has 1 aliphatic rings. The van der Waals surface area contributed by atoms with Crippen LogP contribution in [-0.4, -0.2) is 14.2 Å². The van der Waals surface area contributed by atoms with Crippen LogP contribution in [0.15, 0.2) is 11.8 Å². The molecule has 64 valence electrons. The van der Waals surface area contributed by atoms with Gasteiger partial charge in [-0.05, 0) is 6.08 Å². The zero-order chi connectivity index (χ0) is 8.70. The summed E-state index contributed by atoms with van der Waals surface area (Å²) in [5.74, 6) is 0.125. The Labute approximate surface area is 67.5 Å². The second-order valence-corrected chi connectivity index (χ2v) is 5.52. The highest BCUT2D eigenvalue weighted by Gasteiger charge is 2.26. The Hall–Kier alpha value is -0.510. The predicted octanol–water partition coefficient (Wildman–Crippen LogP) is 0.849. The summed E-state index contributed by atoms with van der Waals surface area (Å²) in [6, 6.07) is 0. The van der Waals surface area contributed by atoms with Gasteiger partial charge in [0.15, 0.2) is 0 Å². The normalized spacial score (nSPS) is 22.6. The number of hydrogen-bond donors (Lipinski definition) is 1. The van der Waals surface area contributed by atoms with Crippen molar-refractivity contribution in [3.05, 3.63) is 11.8 Å². The molecule has 3 nitrogen and oxygen atoms in total. The first-order valence-corrected chi connectivity index (χ1v) is 5.18. The van der Waals surface area contributed by atoms with Crippen molar-refractivity contribution in [2.75, 3.05) is 5.75 Å². The quantitative estimate of drug-likeness (QED) is 0.593. The van der Waals surface area contributed by atoms with Gasteiger partial charge in [-0.25, -0.2) is 8.42 Å². The van der Waals surface area contributed by atoms with Crippen LogP contribution in [0.25, 0.3) is 0 Å². The Morgan fingerprint density at radius 2 is 2.00 bits per heavy atom. The minimum Gasteiger partial charge on any atom is -0.287 e.